The van der Waals surface area contributed by atoms with Gasteiger partial charge in [-0.3, -0.25) is 9.78 Å². The Hall–Kier alpha value is -3.25. The predicted molar refractivity (Wildman–Crippen MR) is 111 cm³/mol. The van der Waals surface area contributed by atoms with Crippen molar-refractivity contribution in [1.29, 1.82) is 0 Å². The number of carbonyl (C=O) groups excluding carboxylic acids is 1. The minimum atomic E-state index is -0.331. The number of nitrogens with zero attached hydrogens (tertiary/aromatic N) is 1. The third kappa shape index (κ3) is 4.72. The molecule has 2 aromatic carbocycles. The molecule has 2 N–H and O–H groups in total. The van der Waals surface area contributed by atoms with Gasteiger partial charge in [-0.2, -0.15) is 0 Å². The molecule has 1 amide bonds. The van der Waals surface area contributed by atoms with Crippen molar-refractivity contribution in [3.05, 3.63) is 77.1 Å². The lowest BCUT2D eigenvalue weighted by molar-refractivity contribution is 0.102. The molecule has 6 nitrogen and oxygen atoms in total. The minimum Gasteiger partial charge on any atom is -0.493 e. The highest BCUT2D eigenvalue weighted by atomic mass is 35.5. The van der Waals surface area contributed by atoms with E-state index in [1.165, 1.54) is 0 Å². The molecule has 1 aromatic heterocycles. The van der Waals surface area contributed by atoms with Gasteiger partial charge in [-0.15, -0.1) is 0 Å². The van der Waals surface area contributed by atoms with Crippen molar-refractivity contribution in [3.63, 3.8) is 0 Å². The van der Waals surface area contributed by atoms with Crippen LogP contribution in [0.4, 0.5) is 11.4 Å². The van der Waals surface area contributed by atoms with Crippen LogP contribution in [-0.4, -0.2) is 25.1 Å². The van der Waals surface area contributed by atoms with Crippen LogP contribution in [0.25, 0.3) is 0 Å². The molecule has 1 heterocycles. The molecule has 0 bridgehead atoms. The number of anilines is 2. The molecule has 0 aliphatic heterocycles. The van der Waals surface area contributed by atoms with Crippen molar-refractivity contribution >= 4 is 28.9 Å². The normalized spacial score (nSPS) is 10.2. The summed E-state index contributed by atoms with van der Waals surface area (Å²) in [5.41, 5.74) is 2.61. The fourth-order valence-electron chi connectivity index (χ4n) is 2.61. The highest BCUT2D eigenvalue weighted by Gasteiger charge is 2.10. The number of para-hydroxylation sites is 1. The van der Waals surface area contributed by atoms with Crippen molar-refractivity contribution in [2.75, 3.05) is 24.9 Å². The molecular formula is C21H20ClN3O3. The van der Waals surface area contributed by atoms with Gasteiger partial charge in [0.15, 0.2) is 11.5 Å². The van der Waals surface area contributed by atoms with Gasteiger partial charge in [0.25, 0.3) is 5.91 Å². The Morgan fingerprint density at radius 1 is 1.04 bits per heavy atom. The van der Waals surface area contributed by atoms with E-state index in [-0.39, 0.29) is 11.6 Å². The molecule has 0 aliphatic rings. The van der Waals surface area contributed by atoms with E-state index in [9.17, 15) is 4.79 Å². The first kappa shape index (κ1) is 19.5. The van der Waals surface area contributed by atoms with Crippen LogP contribution in [0.15, 0.2) is 60.8 Å². The van der Waals surface area contributed by atoms with E-state index in [1.54, 1.807) is 56.8 Å². The summed E-state index contributed by atoms with van der Waals surface area (Å²) in [4.78, 5) is 16.6. The van der Waals surface area contributed by atoms with Crippen molar-refractivity contribution in [3.8, 4) is 11.5 Å². The Bertz CT molecular complexity index is 979. The van der Waals surface area contributed by atoms with E-state index >= 15 is 0 Å². The number of halogens is 1. The first-order chi connectivity index (χ1) is 13.6. The van der Waals surface area contributed by atoms with Gasteiger partial charge in [0, 0.05) is 18.4 Å². The zero-order valence-electron chi connectivity index (χ0n) is 15.5. The molecule has 0 aliphatic carbocycles. The molecule has 3 rings (SSSR count). The SMILES string of the molecule is COc1ccc(CNc2ccnc(C(=O)Nc3ccccc3Cl)c2)cc1OC. The summed E-state index contributed by atoms with van der Waals surface area (Å²) in [6.07, 6.45) is 1.58. The number of hydrogen-bond acceptors (Lipinski definition) is 5. The topological polar surface area (TPSA) is 72.5 Å². The predicted octanol–water partition coefficient (Wildman–Crippen LogP) is 4.62. The van der Waals surface area contributed by atoms with Gasteiger partial charge in [0.05, 0.1) is 24.9 Å². The van der Waals surface area contributed by atoms with Crippen LogP contribution in [-0.2, 0) is 6.54 Å². The molecule has 144 valence electrons. The lowest BCUT2D eigenvalue weighted by atomic mass is 10.2. The first-order valence-corrected chi connectivity index (χ1v) is 8.95. The third-order valence-corrected chi connectivity index (χ3v) is 4.39. The van der Waals surface area contributed by atoms with Crippen molar-refractivity contribution in [2.24, 2.45) is 0 Å². The highest BCUT2D eigenvalue weighted by molar-refractivity contribution is 6.33. The summed E-state index contributed by atoms with van der Waals surface area (Å²) in [5.74, 6) is 1.01. The standard InChI is InChI=1S/C21H20ClN3O3/c1-27-19-8-7-14(11-20(19)28-2)13-24-15-9-10-23-18(12-15)21(26)25-17-6-4-3-5-16(17)22/h3-12H,13H2,1-2H3,(H,23,24)(H,25,26). The van der Waals surface area contributed by atoms with Gasteiger partial charge in [0.2, 0.25) is 0 Å². The second-order valence-electron chi connectivity index (χ2n) is 5.91. The Morgan fingerprint density at radius 3 is 2.57 bits per heavy atom. The molecule has 0 atom stereocenters. The maximum Gasteiger partial charge on any atom is 0.274 e. The van der Waals surface area contributed by atoms with Crippen LogP contribution in [0.3, 0.4) is 0 Å². The van der Waals surface area contributed by atoms with E-state index in [4.69, 9.17) is 21.1 Å². The molecule has 28 heavy (non-hydrogen) atoms. The number of aromatic nitrogens is 1. The van der Waals surface area contributed by atoms with E-state index in [1.807, 2.05) is 18.2 Å². The molecule has 3 aromatic rings. The van der Waals surface area contributed by atoms with Gasteiger partial charge in [-0.05, 0) is 42.0 Å². The summed E-state index contributed by atoms with van der Waals surface area (Å²) in [5, 5.41) is 6.51. The van der Waals surface area contributed by atoms with Crippen LogP contribution in [0.2, 0.25) is 5.02 Å². The quantitative estimate of drug-likeness (QED) is 0.608. The number of carbonyl (C=O) groups is 1. The number of rotatable bonds is 7. The van der Waals surface area contributed by atoms with Gasteiger partial charge in [-0.1, -0.05) is 29.8 Å². The molecule has 0 saturated carbocycles. The fraction of sp³-hybridized carbons (Fsp3) is 0.143. The number of hydrogen-bond donors (Lipinski definition) is 2. The summed E-state index contributed by atoms with van der Waals surface area (Å²) in [7, 11) is 3.20. The molecule has 0 fully saturated rings. The van der Waals surface area contributed by atoms with Gasteiger partial charge in [0.1, 0.15) is 5.69 Å². The highest BCUT2D eigenvalue weighted by Crippen LogP contribution is 2.28. The number of ether oxygens (including phenoxy) is 2. The van der Waals surface area contributed by atoms with Crippen molar-refractivity contribution in [2.45, 2.75) is 6.54 Å². The summed E-state index contributed by atoms with van der Waals surface area (Å²) in [6, 6.07) is 16.2. The Labute approximate surface area is 168 Å². The van der Waals surface area contributed by atoms with Gasteiger partial charge >= 0.3 is 0 Å². The molecule has 0 unspecified atom stereocenters. The maximum atomic E-state index is 12.5. The minimum absolute atomic E-state index is 0.289. The summed E-state index contributed by atoms with van der Waals surface area (Å²) < 4.78 is 10.6. The van der Waals surface area contributed by atoms with Gasteiger partial charge < -0.3 is 20.1 Å². The number of benzene rings is 2. The third-order valence-electron chi connectivity index (χ3n) is 4.06. The van der Waals surface area contributed by atoms with Crippen LogP contribution in [0, 0.1) is 0 Å². The van der Waals surface area contributed by atoms with Crippen LogP contribution < -0.4 is 20.1 Å². The average Bonchev–Trinajstić information content (AvgIpc) is 2.73. The number of amides is 1. The first-order valence-electron chi connectivity index (χ1n) is 8.57. The average molecular weight is 398 g/mol. The Morgan fingerprint density at radius 2 is 1.82 bits per heavy atom. The Balaban J connectivity index is 1.68. The molecular weight excluding hydrogens is 378 g/mol. The lowest BCUT2D eigenvalue weighted by Crippen LogP contribution is -2.14. The molecule has 0 spiro atoms. The molecule has 0 radical (unpaired) electrons. The van der Waals surface area contributed by atoms with E-state index in [0.717, 1.165) is 11.3 Å². The van der Waals surface area contributed by atoms with E-state index in [0.29, 0.717) is 28.8 Å². The van der Waals surface area contributed by atoms with Crippen molar-refractivity contribution < 1.29 is 14.3 Å². The molecule has 0 saturated heterocycles. The summed E-state index contributed by atoms with van der Waals surface area (Å²) in [6.45, 7) is 0.552. The van der Waals surface area contributed by atoms with Crippen LogP contribution in [0.1, 0.15) is 16.1 Å². The second-order valence-corrected chi connectivity index (χ2v) is 6.31. The zero-order valence-corrected chi connectivity index (χ0v) is 16.3. The fourth-order valence-corrected chi connectivity index (χ4v) is 2.79. The van der Waals surface area contributed by atoms with E-state index in [2.05, 4.69) is 15.6 Å². The van der Waals surface area contributed by atoms with Crippen LogP contribution >= 0.6 is 11.6 Å². The second kappa shape index (κ2) is 9.10. The maximum absolute atomic E-state index is 12.5. The number of methoxy groups -OCH3 is 2. The van der Waals surface area contributed by atoms with E-state index < -0.39 is 0 Å². The lowest BCUT2D eigenvalue weighted by Gasteiger charge is -2.12. The van der Waals surface area contributed by atoms with Gasteiger partial charge in [-0.25, -0.2) is 0 Å². The van der Waals surface area contributed by atoms with Crippen LogP contribution in [0.5, 0.6) is 11.5 Å². The summed E-state index contributed by atoms with van der Waals surface area (Å²) >= 11 is 6.08. The Kier molecular flexibility index (Phi) is 6.34. The smallest absolute Gasteiger partial charge is 0.274 e. The largest absolute Gasteiger partial charge is 0.493 e. The number of nitrogens with one attached hydrogen (secondary N) is 2. The molecule has 7 heteroatoms. The zero-order chi connectivity index (χ0) is 19.9. The van der Waals surface area contributed by atoms with Crippen molar-refractivity contribution in [1.82, 2.24) is 4.98 Å². The number of pyridine rings is 1. The monoisotopic (exact) mass is 397 g/mol.